The molecule has 1 heterocycles. The van der Waals surface area contributed by atoms with Crippen molar-refractivity contribution >= 4 is 17.3 Å². The van der Waals surface area contributed by atoms with Crippen molar-refractivity contribution in [2.45, 2.75) is 19.5 Å². The van der Waals surface area contributed by atoms with Crippen LogP contribution < -0.4 is 0 Å². The van der Waals surface area contributed by atoms with Crippen LogP contribution in [0.5, 0.6) is 0 Å². The van der Waals surface area contributed by atoms with Crippen molar-refractivity contribution in [3.05, 3.63) is 74.8 Å². The third kappa shape index (κ3) is 4.57. The third-order valence-corrected chi connectivity index (χ3v) is 5.09. The maximum atomic E-state index is 11.0. The predicted molar refractivity (Wildman–Crippen MR) is 99.8 cm³/mol. The summed E-state index contributed by atoms with van der Waals surface area (Å²) in [5, 5.41) is 11.7. The quantitative estimate of drug-likeness (QED) is 0.595. The first-order chi connectivity index (χ1) is 12.0. The summed E-state index contributed by atoms with van der Waals surface area (Å²) in [6, 6.07) is 15.1. The van der Waals surface area contributed by atoms with E-state index < -0.39 is 0 Å². The van der Waals surface area contributed by atoms with Crippen molar-refractivity contribution in [1.29, 1.82) is 0 Å². The van der Waals surface area contributed by atoms with Gasteiger partial charge in [0.1, 0.15) is 0 Å². The van der Waals surface area contributed by atoms with E-state index in [9.17, 15) is 10.1 Å². The van der Waals surface area contributed by atoms with Gasteiger partial charge in [0.25, 0.3) is 5.69 Å². The smallest absolute Gasteiger partial charge is 0.269 e. The summed E-state index contributed by atoms with van der Waals surface area (Å²) < 4.78 is 0. The number of hydrogen-bond acceptors (Lipinski definition) is 4. The lowest BCUT2D eigenvalue weighted by molar-refractivity contribution is -0.385. The average molecular weight is 360 g/mol. The molecule has 132 valence electrons. The summed E-state index contributed by atoms with van der Waals surface area (Å²) in [4.78, 5) is 15.5. The third-order valence-electron chi connectivity index (χ3n) is 4.84. The fraction of sp³-hybridized carbons (Fsp3) is 0.368. The molecule has 1 atom stereocenters. The first-order valence-electron chi connectivity index (χ1n) is 8.48. The molecule has 0 N–H and O–H groups in total. The van der Waals surface area contributed by atoms with Crippen LogP contribution in [-0.2, 0) is 6.54 Å². The molecule has 3 rings (SSSR count). The number of nitro benzene ring substituents is 1. The van der Waals surface area contributed by atoms with E-state index in [0.29, 0.717) is 0 Å². The molecule has 0 saturated carbocycles. The number of piperazine rings is 1. The number of benzene rings is 2. The average Bonchev–Trinajstić information content (AvgIpc) is 2.64. The molecule has 1 aliphatic rings. The molecular weight excluding hydrogens is 338 g/mol. The van der Waals surface area contributed by atoms with Crippen LogP contribution in [-0.4, -0.2) is 40.9 Å². The standard InChI is InChI=1S/C19H22ClN3O2/c1-15(17-3-2-4-19(13-17)23(24)25)22-11-9-21(10-12-22)14-16-5-7-18(20)8-6-16/h2-8,13,15H,9-12,14H2,1H3/t15-/m1/s1. The molecule has 1 saturated heterocycles. The van der Waals surface area contributed by atoms with Crippen LogP contribution >= 0.6 is 11.6 Å². The van der Waals surface area contributed by atoms with Crippen LogP contribution in [0.4, 0.5) is 5.69 Å². The summed E-state index contributed by atoms with van der Waals surface area (Å²) in [5.41, 5.74) is 2.43. The van der Waals surface area contributed by atoms with Crippen molar-refractivity contribution in [2.24, 2.45) is 0 Å². The summed E-state index contributed by atoms with van der Waals surface area (Å²) in [7, 11) is 0. The van der Waals surface area contributed by atoms with Gasteiger partial charge in [-0.3, -0.25) is 19.9 Å². The summed E-state index contributed by atoms with van der Waals surface area (Å²) in [5.74, 6) is 0. The Kier molecular flexibility index (Phi) is 5.68. The zero-order valence-corrected chi connectivity index (χ0v) is 15.0. The van der Waals surface area contributed by atoms with Crippen LogP contribution in [0.2, 0.25) is 5.02 Å². The second-order valence-corrected chi connectivity index (χ2v) is 6.90. The molecule has 0 bridgehead atoms. The monoisotopic (exact) mass is 359 g/mol. The molecule has 2 aromatic carbocycles. The minimum atomic E-state index is -0.333. The molecule has 0 amide bonds. The van der Waals surface area contributed by atoms with E-state index in [1.54, 1.807) is 18.2 Å². The topological polar surface area (TPSA) is 49.6 Å². The van der Waals surface area contributed by atoms with Crippen LogP contribution in [0.25, 0.3) is 0 Å². The number of hydrogen-bond donors (Lipinski definition) is 0. The Morgan fingerprint density at radius 3 is 2.44 bits per heavy atom. The lowest BCUT2D eigenvalue weighted by Gasteiger charge is -2.38. The SMILES string of the molecule is C[C@H](c1cccc([N+](=O)[O-])c1)N1CCN(Cc2ccc(Cl)cc2)CC1. The number of halogens is 1. The van der Waals surface area contributed by atoms with E-state index in [2.05, 4.69) is 28.9 Å². The molecule has 0 unspecified atom stereocenters. The van der Waals surface area contributed by atoms with Gasteiger partial charge in [0, 0.05) is 55.9 Å². The molecule has 0 spiro atoms. The van der Waals surface area contributed by atoms with Gasteiger partial charge in [0.15, 0.2) is 0 Å². The van der Waals surface area contributed by atoms with Gasteiger partial charge in [-0.2, -0.15) is 0 Å². The van der Waals surface area contributed by atoms with Crippen LogP contribution in [0.1, 0.15) is 24.1 Å². The molecule has 0 aliphatic carbocycles. The fourth-order valence-electron chi connectivity index (χ4n) is 3.27. The van der Waals surface area contributed by atoms with Crippen LogP contribution in [0.15, 0.2) is 48.5 Å². The first kappa shape index (κ1) is 17.9. The minimum Gasteiger partial charge on any atom is -0.297 e. The van der Waals surface area contributed by atoms with Crippen molar-refractivity contribution in [1.82, 2.24) is 9.80 Å². The maximum absolute atomic E-state index is 11.0. The molecule has 2 aromatic rings. The van der Waals surface area contributed by atoms with Gasteiger partial charge in [-0.15, -0.1) is 0 Å². The second-order valence-electron chi connectivity index (χ2n) is 6.47. The van der Waals surface area contributed by atoms with Crippen molar-refractivity contribution in [3.8, 4) is 0 Å². The Hall–Kier alpha value is -1.95. The van der Waals surface area contributed by atoms with Crippen molar-refractivity contribution in [2.75, 3.05) is 26.2 Å². The van der Waals surface area contributed by atoms with Gasteiger partial charge in [-0.05, 0) is 30.2 Å². The first-order valence-corrected chi connectivity index (χ1v) is 8.86. The summed E-state index contributed by atoms with van der Waals surface area (Å²) in [6.07, 6.45) is 0. The predicted octanol–water partition coefficient (Wildman–Crippen LogP) is 4.13. The number of non-ortho nitro benzene ring substituents is 1. The molecule has 0 aromatic heterocycles. The van der Waals surface area contributed by atoms with Gasteiger partial charge in [0.05, 0.1) is 4.92 Å². The highest BCUT2D eigenvalue weighted by atomic mass is 35.5. The summed E-state index contributed by atoms with van der Waals surface area (Å²) >= 11 is 5.93. The highest BCUT2D eigenvalue weighted by molar-refractivity contribution is 6.30. The van der Waals surface area contributed by atoms with Gasteiger partial charge in [0.2, 0.25) is 0 Å². The van der Waals surface area contributed by atoms with E-state index >= 15 is 0 Å². The zero-order chi connectivity index (χ0) is 17.8. The lowest BCUT2D eigenvalue weighted by Crippen LogP contribution is -2.46. The van der Waals surface area contributed by atoms with E-state index in [-0.39, 0.29) is 16.7 Å². The second kappa shape index (κ2) is 7.95. The Bertz CT molecular complexity index is 728. The molecular formula is C19H22ClN3O2. The summed E-state index contributed by atoms with van der Waals surface area (Å²) in [6.45, 7) is 6.93. The van der Waals surface area contributed by atoms with E-state index in [4.69, 9.17) is 11.6 Å². The Morgan fingerprint density at radius 1 is 1.12 bits per heavy atom. The van der Waals surface area contributed by atoms with Gasteiger partial charge < -0.3 is 0 Å². The van der Waals surface area contributed by atoms with Crippen molar-refractivity contribution in [3.63, 3.8) is 0 Å². The highest BCUT2D eigenvalue weighted by Gasteiger charge is 2.23. The molecule has 1 aliphatic heterocycles. The minimum absolute atomic E-state index is 0.158. The number of rotatable bonds is 5. The highest BCUT2D eigenvalue weighted by Crippen LogP contribution is 2.25. The normalized spacial score (nSPS) is 17.4. The lowest BCUT2D eigenvalue weighted by atomic mass is 10.1. The Balaban J connectivity index is 1.57. The van der Waals surface area contributed by atoms with Gasteiger partial charge >= 0.3 is 0 Å². The molecule has 6 heteroatoms. The largest absolute Gasteiger partial charge is 0.297 e. The van der Waals surface area contributed by atoms with Gasteiger partial charge in [-0.25, -0.2) is 0 Å². The zero-order valence-electron chi connectivity index (χ0n) is 14.3. The molecule has 5 nitrogen and oxygen atoms in total. The maximum Gasteiger partial charge on any atom is 0.269 e. The Morgan fingerprint density at radius 2 is 1.80 bits per heavy atom. The van der Waals surface area contributed by atoms with Crippen molar-refractivity contribution < 1.29 is 4.92 Å². The number of nitrogens with zero attached hydrogens (tertiary/aromatic N) is 3. The van der Waals surface area contributed by atoms with E-state index in [1.807, 2.05) is 18.2 Å². The van der Waals surface area contributed by atoms with Crippen LogP contribution in [0.3, 0.4) is 0 Å². The number of nitro groups is 1. The molecule has 1 fully saturated rings. The van der Waals surface area contributed by atoms with Crippen LogP contribution in [0, 0.1) is 10.1 Å². The Labute approximate surface area is 153 Å². The van der Waals surface area contributed by atoms with E-state index in [1.165, 1.54) is 5.56 Å². The molecule has 0 radical (unpaired) electrons. The molecule has 25 heavy (non-hydrogen) atoms. The van der Waals surface area contributed by atoms with E-state index in [0.717, 1.165) is 43.3 Å². The fourth-order valence-corrected chi connectivity index (χ4v) is 3.39. The van der Waals surface area contributed by atoms with Gasteiger partial charge in [-0.1, -0.05) is 35.9 Å².